The Kier molecular flexibility index (Phi) is 5.42. The van der Waals surface area contributed by atoms with Crippen molar-refractivity contribution in [3.05, 3.63) is 75.6 Å². The third-order valence-electron chi connectivity index (χ3n) is 4.06. The molecule has 2 N–H and O–H groups in total. The van der Waals surface area contributed by atoms with Crippen LogP contribution in [0, 0.1) is 27.7 Å². The molecule has 0 bridgehead atoms. The molecule has 1 heterocycles. The first kappa shape index (κ1) is 18.9. The first-order chi connectivity index (χ1) is 12.8. The summed E-state index contributed by atoms with van der Waals surface area (Å²) in [6.07, 6.45) is 2.98. The maximum Gasteiger partial charge on any atom is 0.258 e. The zero-order chi connectivity index (χ0) is 19.6. The molecule has 0 unspecified atom stereocenters. The molecule has 2 aromatic carbocycles. The van der Waals surface area contributed by atoms with E-state index < -0.39 is 0 Å². The first-order valence-electron chi connectivity index (χ1n) is 8.57. The van der Waals surface area contributed by atoms with E-state index in [-0.39, 0.29) is 5.91 Å². The Hall–Kier alpha value is -2.92. The number of hydrogen-bond donors (Lipinski definition) is 2. The first-order valence-corrected chi connectivity index (χ1v) is 8.95. The van der Waals surface area contributed by atoms with Crippen molar-refractivity contribution in [1.82, 2.24) is 9.97 Å². The Morgan fingerprint density at radius 3 is 2.07 bits per heavy atom. The number of aromatic nitrogens is 2. The average Bonchev–Trinajstić information content (AvgIpc) is 2.57. The molecule has 0 aliphatic rings. The van der Waals surface area contributed by atoms with Crippen molar-refractivity contribution in [2.75, 3.05) is 10.6 Å². The predicted molar refractivity (Wildman–Crippen MR) is 110 cm³/mol. The molecule has 0 radical (unpaired) electrons. The topological polar surface area (TPSA) is 66.9 Å². The third-order valence-corrected chi connectivity index (χ3v) is 4.36. The summed E-state index contributed by atoms with van der Waals surface area (Å²) >= 11 is 6.30. The van der Waals surface area contributed by atoms with E-state index in [0.717, 1.165) is 33.6 Å². The van der Waals surface area contributed by atoms with Gasteiger partial charge < -0.3 is 10.6 Å². The predicted octanol–water partition coefficient (Wildman–Crippen LogP) is 5.36. The molecular weight excluding hydrogens is 360 g/mol. The number of halogens is 1. The van der Waals surface area contributed by atoms with Gasteiger partial charge in [-0.25, -0.2) is 9.97 Å². The fraction of sp³-hybridized carbons (Fsp3) is 0.190. The lowest BCUT2D eigenvalue weighted by molar-refractivity contribution is 0.102. The van der Waals surface area contributed by atoms with E-state index in [2.05, 4.69) is 26.7 Å². The van der Waals surface area contributed by atoms with Crippen molar-refractivity contribution in [1.29, 1.82) is 0 Å². The van der Waals surface area contributed by atoms with Gasteiger partial charge in [-0.05, 0) is 68.1 Å². The Morgan fingerprint density at radius 2 is 1.48 bits per heavy atom. The van der Waals surface area contributed by atoms with Gasteiger partial charge in [-0.15, -0.1) is 0 Å². The molecule has 1 amide bonds. The van der Waals surface area contributed by atoms with E-state index in [0.29, 0.717) is 16.5 Å². The van der Waals surface area contributed by atoms with Gasteiger partial charge in [0, 0.05) is 18.1 Å². The zero-order valence-corrected chi connectivity index (χ0v) is 16.5. The summed E-state index contributed by atoms with van der Waals surface area (Å²) in [4.78, 5) is 20.9. The average molecular weight is 381 g/mol. The van der Waals surface area contributed by atoms with Gasteiger partial charge in [0.15, 0.2) is 0 Å². The highest BCUT2D eigenvalue weighted by Gasteiger charge is 2.10. The van der Waals surface area contributed by atoms with Crippen LogP contribution in [0.3, 0.4) is 0 Å². The Balaban J connectivity index is 1.74. The van der Waals surface area contributed by atoms with E-state index in [1.54, 1.807) is 0 Å². The number of hydrogen-bond acceptors (Lipinski definition) is 4. The highest BCUT2D eigenvalue weighted by Crippen LogP contribution is 2.29. The molecule has 0 saturated heterocycles. The Morgan fingerprint density at radius 1 is 0.889 bits per heavy atom. The number of nitrogens with one attached hydrogen (secondary N) is 2. The molecule has 3 rings (SSSR count). The largest absolute Gasteiger partial charge is 0.323 e. The molecule has 0 atom stereocenters. The molecule has 5 nitrogen and oxygen atoms in total. The fourth-order valence-electron chi connectivity index (χ4n) is 2.95. The summed E-state index contributed by atoms with van der Waals surface area (Å²) in [6, 6.07) is 9.80. The van der Waals surface area contributed by atoms with Gasteiger partial charge in [0.2, 0.25) is 5.95 Å². The van der Waals surface area contributed by atoms with Crippen molar-refractivity contribution < 1.29 is 4.79 Å². The molecule has 138 valence electrons. The van der Waals surface area contributed by atoms with E-state index in [1.165, 1.54) is 12.4 Å². The van der Waals surface area contributed by atoms with Crippen LogP contribution in [0.5, 0.6) is 0 Å². The van der Waals surface area contributed by atoms with Crippen LogP contribution < -0.4 is 10.6 Å². The second-order valence-corrected chi connectivity index (χ2v) is 7.10. The molecule has 0 aliphatic heterocycles. The van der Waals surface area contributed by atoms with Gasteiger partial charge in [-0.1, -0.05) is 23.7 Å². The van der Waals surface area contributed by atoms with Crippen LogP contribution in [-0.4, -0.2) is 15.9 Å². The van der Waals surface area contributed by atoms with Gasteiger partial charge >= 0.3 is 0 Å². The monoisotopic (exact) mass is 380 g/mol. The van der Waals surface area contributed by atoms with Crippen molar-refractivity contribution >= 4 is 34.8 Å². The molecule has 6 heteroatoms. The van der Waals surface area contributed by atoms with Crippen LogP contribution in [-0.2, 0) is 0 Å². The lowest BCUT2D eigenvalue weighted by atomic mass is 10.1. The van der Waals surface area contributed by atoms with Crippen LogP contribution in [0.25, 0.3) is 0 Å². The molecule has 0 aliphatic carbocycles. The van der Waals surface area contributed by atoms with Crippen LogP contribution in [0.15, 0.2) is 42.7 Å². The van der Waals surface area contributed by atoms with Gasteiger partial charge in [0.1, 0.15) is 0 Å². The van der Waals surface area contributed by atoms with E-state index in [9.17, 15) is 4.79 Å². The number of aryl methyl sites for hydroxylation is 4. The summed E-state index contributed by atoms with van der Waals surface area (Å²) < 4.78 is 0. The molecule has 3 aromatic rings. The lowest BCUT2D eigenvalue weighted by Gasteiger charge is -2.12. The minimum Gasteiger partial charge on any atom is -0.323 e. The highest BCUT2D eigenvalue weighted by molar-refractivity contribution is 6.33. The minimum absolute atomic E-state index is 0.254. The summed E-state index contributed by atoms with van der Waals surface area (Å²) in [5.74, 6) is 0.128. The number of carbonyl (C=O) groups is 1. The molecular formula is C21H21ClN4O. The summed E-state index contributed by atoms with van der Waals surface area (Å²) in [6.45, 7) is 7.93. The highest BCUT2D eigenvalue weighted by atomic mass is 35.5. The van der Waals surface area contributed by atoms with Crippen LogP contribution in [0.4, 0.5) is 17.3 Å². The summed E-state index contributed by atoms with van der Waals surface area (Å²) in [5, 5.41) is 6.59. The lowest BCUT2D eigenvalue weighted by Crippen LogP contribution is -2.13. The van der Waals surface area contributed by atoms with Gasteiger partial charge in [0.05, 0.1) is 16.3 Å². The number of anilines is 3. The number of nitrogens with zero attached hydrogens (tertiary/aromatic N) is 2. The zero-order valence-electron chi connectivity index (χ0n) is 15.7. The summed E-state index contributed by atoms with van der Waals surface area (Å²) in [5.41, 5.74) is 6.16. The minimum atomic E-state index is -0.254. The van der Waals surface area contributed by atoms with E-state index >= 15 is 0 Å². The summed E-state index contributed by atoms with van der Waals surface area (Å²) in [7, 11) is 0. The van der Waals surface area contributed by atoms with Gasteiger partial charge in [0.25, 0.3) is 5.91 Å². The Labute approximate surface area is 163 Å². The Bertz CT molecular complexity index is 956. The van der Waals surface area contributed by atoms with E-state index in [4.69, 9.17) is 11.6 Å². The van der Waals surface area contributed by atoms with Crippen LogP contribution >= 0.6 is 11.6 Å². The quantitative estimate of drug-likeness (QED) is 0.639. The van der Waals surface area contributed by atoms with Crippen LogP contribution in [0.1, 0.15) is 32.6 Å². The molecule has 27 heavy (non-hydrogen) atoms. The fourth-order valence-corrected chi connectivity index (χ4v) is 3.31. The third kappa shape index (κ3) is 4.63. The molecule has 0 fully saturated rings. The van der Waals surface area contributed by atoms with Crippen molar-refractivity contribution in [2.45, 2.75) is 27.7 Å². The van der Waals surface area contributed by atoms with Crippen molar-refractivity contribution in [3.63, 3.8) is 0 Å². The number of carbonyl (C=O) groups excluding carboxylic acids is 1. The second-order valence-electron chi connectivity index (χ2n) is 6.69. The van der Waals surface area contributed by atoms with Crippen molar-refractivity contribution in [2.24, 2.45) is 0 Å². The number of rotatable bonds is 4. The normalized spacial score (nSPS) is 10.6. The second kappa shape index (κ2) is 7.76. The molecule has 1 aromatic heterocycles. The van der Waals surface area contributed by atoms with Crippen molar-refractivity contribution in [3.8, 4) is 0 Å². The standard InChI is InChI=1S/C21H21ClN4O/c1-12-5-13(2)8-17(7-12)25-20(27)16-10-23-21(24-11-16)26-19-15(4)6-14(3)9-18(19)22/h5-11H,1-4H3,(H,25,27)(H,23,24,26). The van der Waals surface area contributed by atoms with Crippen LogP contribution in [0.2, 0.25) is 5.02 Å². The van der Waals surface area contributed by atoms with E-state index in [1.807, 2.05) is 52.0 Å². The molecule has 0 spiro atoms. The molecule has 0 saturated carbocycles. The number of amides is 1. The van der Waals surface area contributed by atoms with Gasteiger partial charge in [-0.3, -0.25) is 4.79 Å². The van der Waals surface area contributed by atoms with Gasteiger partial charge in [-0.2, -0.15) is 0 Å². The smallest absolute Gasteiger partial charge is 0.258 e. The number of benzene rings is 2. The SMILES string of the molecule is Cc1cc(C)cc(NC(=O)c2cnc(Nc3c(C)cc(C)cc3Cl)nc2)c1. The maximum absolute atomic E-state index is 12.4. The maximum atomic E-state index is 12.4.